The Morgan fingerprint density at radius 2 is 1.71 bits per heavy atom. The van der Waals surface area contributed by atoms with Gasteiger partial charge in [0.25, 0.3) is 5.91 Å². The molecule has 174 valence electrons. The fraction of sp³-hybridized carbons (Fsp3) is 0.120. The third-order valence-electron chi connectivity index (χ3n) is 5.20. The number of fused-ring (bicyclic) bond motifs is 1. The maximum absolute atomic E-state index is 13.6. The Kier molecular flexibility index (Phi) is 7.15. The average Bonchev–Trinajstić information content (AvgIpc) is 2.99. The lowest BCUT2D eigenvalue weighted by molar-refractivity contribution is -0.120. The predicted octanol–water partition coefficient (Wildman–Crippen LogP) is 4.41. The van der Waals surface area contributed by atoms with Crippen molar-refractivity contribution in [2.24, 2.45) is 10.1 Å². The van der Waals surface area contributed by atoms with Gasteiger partial charge in [0.05, 0.1) is 17.9 Å². The molecule has 0 aromatic heterocycles. The summed E-state index contributed by atoms with van der Waals surface area (Å²) in [6.07, 6.45) is -2.15. The number of carbonyl (C=O) groups is 2. The number of azide groups is 1. The van der Waals surface area contributed by atoms with Crippen LogP contribution in [0.25, 0.3) is 10.4 Å². The van der Waals surface area contributed by atoms with E-state index in [1.54, 1.807) is 24.3 Å². The Balaban J connectivity index is 1.70. The normalized spacial score (nSPS) is 14.6. The van der Waals surface area contributed by atoms with E-state index in [1.807, 2.05) is 60.7 Å². The van der Waals surface area contributed by atoms with Crippen molar-refractivity contribution in [3.05, 3.63) is 112 Å². The van der Waals surface area contributed by atoms with Gasteiger partial charge in [-0.15, -0.1) is 0 Å². The number of rotatable bonds is 6. The molecule has 0 saturated carbocycles. The predicted molar refractivity (Wildman–Crippen MR) is 131 cm³/mol. The molecule has 1 unspecified atom stereocenters. The molecule has 3 aromatic rings. The Bertz CT molecular complexity index is 1320. The van der Waals surface area contributed by atoms with Crippen LogP contribution in [0.2, 0.25) is 0 Å². The molecular weight excluding hydrogens is 446 g/mol. The summed E-state index contributed by atoms with van der Waals surface area (Å²) in [7, 11) is 0. The second-order valence-electron chi connectivity index (χ2n) is 7.53. The van der Waals surface area contributed by atoms with E-state index in [9.17, 15) is 9.59 Å². The average molecular weight is 467 g/mol. The van der Waals surface area contributed by atoms with Crippen LogP contribution in [-0.4, -0.2) is 36.3 Å². The third kappa shape index (κ3) is 5.52. The van der Waals surface area contributed by atoms with Crippen molar-refractivity contribution in [3.8, 4) is 0 Å². The minimum atomic E-state index is -1.33. The van der Waals surface area contributed by atoms with E-state index < -0.39 is 18.2 Å². The van der Waals surface area contributed by atoms with Crippen molar-refractivity contribution in [2.45, 2.75) is 12.8 Å². The van der Waals surface area contributed by atoms with Gasteiger partial charge in [-0.3, -0.25) is 10.1 Å². The van der Waals surface area contributed by atoms with Crippen molar-refractivity contribution < 1.29 is 14.3 Å². The highest BCUT2D eigenvalue weighted by molar-refractivity contribution is 6.20. The van der Waals surface area contributed by atoms with Crippen LogP contribution < -0.4 is 10.2 Å². The number of alkyl carbamates (subject to hydrolysis) is 1. The molecule has 4 rings (SSSR count). The number of ether oxygens (including phenoxy) is 1. The largest absolute Gasteiger partial charge is 0.445 e. The number of aliphatic imine (C=N–C) groups is 1. The first-order valence-electron chi connectivity index (χ1n) is 10.7. The highest BCUT2D eigenvalue weighted by Crippen LogP contribution is 2.28. The summed E-state index contributed by atoms with van der Waals surface area (Å²) in [5.74, 6) is -0.956. The van der Waals surface area contributed by atoms with E-state index in [4.69, 9.17) is 15.7 Å². The lowest BCUT2D eigenvalue weighted by atomic mass is 10.0. The van der Waals surface area contributed by atoms with Crippen LogP contribution in [-0.2, 0) is 16.1 Å². The van der Waals surface area contributed by atoms with Crippen LogP contribution >= 0.6 is 0 Å². The molecule has 0 bridgehead atoms. The van der Waals surface area contributed by atoms with E-state index in [0.29, 0.717) is 17.0 Å². The van der Waals surface area contributed by atoms with Gasteiger partial charge in [-0.25, -0.2) is 9.79 Å². The molecule has 3 aromatic carbocycles. The van der Waals surface area contributed by atoms with E-state index >= 15 is 0 Å². The quantitative estimate of drug-likeness (QED) is 0.182. The summed E-state index contributed by atoms with van der Waals surface area (Å²) in [6, 6.07) is 25.5. The first-order chi connectivity index (χ1) is 17.1. The molecule has 1 aliphatic heterocycles. The standard InChI is InChI=1S/C25H21N7O3/c26-21(30-31-27)15-32-20-14-8-7-13-19(20)22(18-11-5-2-6-12-18)28-23(24(32)33)29-25(34)35-16-17-9-3-1-4-10-17/h1-14,23,26H,15-16H2,(H,29,34). The van der Waals surface area contributed by atoms with Gasteiger partial charge in [0, 0.05) is 16.0 Å². The zero-order valence-corrected chi connectivity index (χ0v) is 18.5. The lowest BCUT2D eigenvalue weighted by Gasteiger charge is -2.24. The Morgan fingerprint density at radius 1 is 1.06 bits per heavy atom. The van der Waals surface area contributed by atoms with Crippen LogP contribution in [0.5, 0.6) is 0 Å². The number of benzene rings is 3. The Labute approximate surface area is 201 Å². The number of amides is 2. The van der Waals surface area contributed by atoms with Gasteiger partial charge < -0.3 is 15.0 Å². The minimum Gasteiger partial charge on any atom is -0.445 e. The summed E-state index contributed by atoms with van der Waals surface area (Å²) >= 11 is 0. The highest BCUT2D eigenvalue weighted by Gasteiger charge is 2.33. The van der Waals surface area contributed by atoms with Crippen LogP contribution in [0.15, 0.2) is 95.0 Å². The minimum absolute atomic E-state index is 0.0221. The summed E-state index contributed by atoms with van der Waals surface area (Å²) in [5.41, 5.74) is 11.8. The molecule has 0 saturated heterocycles. The molecule has 10 heteroatoms. The number of hydrogen-bond donors (Lipinski definition) is 2. The van der Waals surface area contributed by atoms with Gasteiger partial charge in [0.1, 0.15) is 12.4 Å². The number of benzodiazepines with no additional fused rings is 1. The molecular formula is C25H21N7O3. The first kappa shape index (κ1) is 23.2. The van der Waals surface area contributed by atoms with Crippen LogP contribution in [0.4, 0.5) is 10.5 Å². The second kappa shape index (κ2) is 10.8. The zero-order chi connectivity index (χ0) is 24.6. The highest BCUT2D eigenvalue weighted by atomic mass is 16.5. The summed E-state index contributed by atoms with van der Waals surface area (Å²) in [5, 5.41) is 13.8. The number of nitrogens with zero attached hydrogens (tertiary/aromatic N) is 5. The maximum atomic E-state index is 13.6. The number of hydrogen-bond acceptors (Lipinski definition) is 5. The topological polar surface area (TPSA) is 144 Å². The van der Waals surface area contributed by atoms with Gasteiger partial charge in [-0.1, -0.05) is 78.9 Å². The number of para-hydroxylation sites is 1. The first-order valence-corrected chi connectivity index (χ1v) is 10.7. The fourth-order valence-electron chi connectivity index (χ4n) is 3.62. The van der Waals surface area contributed by atoms with E-state index in [1.165, 1.54) is 4.90 Å². The van der Waals surface area contributed by atoms with Gasteiger partial charge in [0.15, 0.2) is 0 Å². The Hall–Kier alpha value is -4.95. The van der Waals surface area contributed by atoms with Crippen molar-refractivity contribution in [3.63, 3.8) is 0 Å². The smallest absolute Gasteiger partial charge is 0.409 e. The van der Waals surface area contributed by atoms with Crippen LogP contribution in [0.3, 0.4) is 0 Å². The Morgan fingerprint density at radius 3 is 2.43 bits per heavy atom. The lowest BCUT2D eigenvalue weighted by Crippen LogP contribution is -2.48. The van der Waals surface area contributed by atoms with Crippen molar-refractivity contribution in [2.75, 3.05) is 11.4 Å². The van der Waals surface area contributed by atoms with Crippen molar-refractivity contribution >= 4 is 29.2 Å². The molecule has 1 aliphatic rings. The molecule has 2 N–H and O–H groups in total. The SMILES string of the molecule is [N-]=[N+]=NC(=N)CN1C(=O)C(NC(=O)OCc2ccccc2)N=C(c2ccccc2)c2ccccc21. The molecule has 0 fully saturated rings. The third-order valence-corrected chi connectivity index (χ3v) is 5.20. The van der Waals surface area contributed by atoms with Crippen LogP contribution in [0.1, 0.15) is 16.7 Å². The van der Waals surface area contributed by atoms with Gasteiger partial charge >= 0.3 is 6.09 Å². The van der Waals surface area contributed by atoms with Gasteiger partial charge in [-0.2, -0.15) is 0 Å². The van der Waals surface area contributed by atoms with Crippen LogP contribution in [0, 0.1) is 5.41 Å². The molecule has 0 spiro atoms. The molecule has 35 heavy (non-hydrogen) atoms. The maximum Gasteiger partial charge on any atom is 0.409 e. The van der Waals surface area contributed by atoms with Crippen molar-refractivity contribution in [1.29, 1.82) is 5.41 Å². The molecule has 1 heterocycles. The van der Waals surface area contributed by atoms with Gasteiger partial charge in [-0.05, 0) is 22.3 Å². The molecule has 1 atom stereocenters. The molecule has 0 aliphatic carbocycles. The zero-order valence-electron chi connectivity index (χ0n) is 18.5. The second-order valence-corrected chi connectivity index (χ2v) is 7.53. The number of amidine groups is 1. The monoisotopic (exact) mass is 467 g/mol. The molecule has 10 nitrogen and oxygen atoms in total. The van der Waals surface area contributed by atoms with E-state index in [0.717, 1.165) is 11.1 Å². The van der Waals surface area contributed by atoms with E-state index in [-0.39, 0.29) is 19.0 Å². The summed E-state index contributed by atoms with van der Waals surface area (Å²) in [4.78, 5) is 34.7. The van der Waals surface area contributed by atoms with E-state index in [2.05, 4.69) is 20.3 Å². The number of nitrogens with one attached hydrogen (secondary N) is 2. The van der Waals surface area contributed by atoms with Crippen molar-refractivity contribution in [1.82, 2.24) is 5.32 Å². The molecule has 0 radical (unpaired) electrons. The molecule has 2 amide bonds. The number of anilines is 1. The summed E-state index contributed by atoms with van der Waals surface area (Å²) in [6.45, 7) is -0.275. The summed E-state index contributed by atoms with van der Waals surface area (Å²) < 4.78 is 5.29. The number of carbonyl (C=O) groups excluding carboxylic acids is 2. The van der Waals surface area contributed by atoms with Gasteiger partial charge in [0.2, 0.25) is 6.17 Å². The fourth-order valence-corrected chi connectivity index (χ4v) is 3.62.